The first-order valence-corrected chi connectivity index (χ1v) is 12.1. The fourth-order valence-electron chi connectivity index (χ4n) is 3.75. The second-order valence-electron chi connectivity index (χ2n) is 7.60. The highest BCUT2D eigenvalue weighted by Crippen LogP contribution is 2.39. The maximum absolute atomic E-state index is 14.3. The van der Waals surface area contributed by atoms with Crippen LogP contribution in [-0.2, 0) is 33.8 Å². The highest BCUT2D eigenvalue weighted by Gasteiger charge is 2.27. The van der Waals surface area contributed by atoms with Gasteiger partial charge in [0.1, 0.15) is 17.4 Å². The van der Waals surface area contributed by atoms with Gasteiger partial charge in [0.15, 0.2) is 5.13 Å². The van der Waals surface area contributed by atoms with E-state index in [4.69, 9.17) is 4.74 Å². The smallest absolute Gasteiger partial charge is 0.341 e. The standard InChI is InChI=1S/C23H22FN3O4S2/c1-13(28)25-21-20(16-7-3-6-10-19(16)33-21)22(30)31-11-15-12-32-23(26-15)27(14(2)29)18-9-5-4-8-17(18)24/h4-5,8-9,12H,3,6-7,10-11H2,1-2H3,(H,25,28). The number of hydrogen-bond acceptors (Lipinski definition) is 7. The molecule has 0 fully saturated rings. The average molecular weight is 488 g/mol. The largest absolute Gasteiger partial charge is 0.455 e. The van der Waals surface area contributed by atoms with Gasteiger partial charge in [0.25, 0.3) is 0 Å². The van der Waals surface area contributed by atoms with Gasteiger partial charge in [-0.1, -0.05) is 12.1 Å². The SMILES string of the molecule is CC(=O)Nc1sc2c(c1C(=O)OCc1csc(N(C(C)=O)c3ccccc3F)n1)CCCC2. The van der Waals surface area contributed by atoms with Crippen molar-refractivity contribution in [1.29, 1.82) is 0 Å². The molecule has 0 saturated heterocycles. The number of carbonyl (C=O) groups is 3. The van der Waals surface area contributed by atoms with Crippen molar-refractivity contribution >= 4 is 56.3 Å². The molecule has 7 nitrogen and oxygen atoms in total. The Balaban J connectivity index is 1.53. The Labute approximate surface area is 198 Å². The Morgan fingerprint density at radius 3 is 2.67 bits per heavy atom. The molecule has 1 aliphatic carbocycles. The third-order valence-corrected chi connectivity index (χ3v) is 7.24. The highest BCUT2D eigenvalue weighted by molar-refractivity contribution is 7.17. The van der Waals surface area contributed by atoms with E-state index >= 15 is 0 Å². The molecule has 0 unspecified atom stereocenters. The lowest BCUT2D eigenvalue weighted by Crippen LogP contribution is -2.23. The van der Waals surface area contributed by atoms with Crippen molar-refractivity contribution < 1.29 is 23.5 Å². The van der Waals surface area contributed by atoms with E-state index in [2.05, 4.69) is 10.3 Å². The third-order valence-electron chi connectivity index (χ3n) is 5.16. The minimum atomic E-state index is -0.538. The fourth-order valence-corrected chi connectivity index (χ4v) is 5.94. The first-order valence-electron chi connectivity index (χ1n) is 10.4. The molecule has 0 atom stereocenters. The van der Waals surface area contributed by atoms with E-state index in [-0.39, 0.29) is 29.2 Å². The summed E-state index contributed by atoms with van der Waals surface area (Å²) in [6, 6.07) is 5.96. The number of rotatable bonds is 6. The van der Waals surface area contributed by atoms with Crippen LogP contribution in [-0.4, -0.2) is 22.8 Å². The molecule has 172 valence electrons. The van der Waals surface area contributed by atoms with Crippen LogP contribution in [0.5, 0.6) is 0 Å². The van der Waals surface area contributed by atoms with Crippen LogP contribution in [0.2, 0.25) is 0 Å². The summed E-state index contributed by atoms with van der Waals surface area (Å²) in [5.74, 6) is -1.69. The second-order valence-corrected chi connectivity index (χ2v) is 9.54. The van der Waals surface area contributed by atoms with Crippen LogP contribution in [0.1, 0.15) is 53.2 Å². The number of para-hydroxylation sites is 1. The first kappa shape index (κ1) is 23.1. The van der Waals surface area contributed by atoms with Crippen molar-refractivity contribution in [3.05, 3.63) is 57.2 Å². The lowest BCUT2D eigenvalue weighted by molar-refractivity contribution is -0.116. The molecular weight excluding hydrogens is 465 g/mol. The number of esters is 1. The van der Waals surface area contributed by atoms with E-state index in [1.807, 2.05) is 0 Å². The van der Waals surface area contributed by atoms with Gasteiger partial charge in [0.05, 0.1) is 16.9 Å². The molecule has 0 saturated carbocycles. The molecule has 2 aromatic heterocycles. The number of thiophene rings is 1. The molecule has 2 amide bonds. The number of fused-ring (bicyclic) bond motifs is 1. The van der Waals surface area contributed by atoms with Gasteiger partial charge in [-0.3, -0.25) is 14.5 Å². The molecule has 0 aliphatic heterocycles. The van der Waals surface area contributed by atoms with Crippen molar-refractivity contribution in [1.82, 2.24) is 4.98 Å². The molecule has 10 heteroatoms. The van der Waals surface area contributed by atoms with E-state index < -0.39 is 11.8 Å². The topological polar surface area (TPSA) is 88.6 Å². The van der Waals surface area contributed by atoms with Gasteiger partial charge in [-0.2, -0.15) is 0 Å². The van der Waals surface area contributed by atoms with E-state index in [0.717, 1.165) is 47.5 Å². The zero-order valence-electron chi connectivity index (χ0n) is 18.1. The predicted molar refractivity (Wildman–Crippen MR) is 126 cm³/mol. The number of amides is 2. The lowest BCUT2D eigenvalue weighted by atomic mass is 9.95. The van der Waals surface area contributed by atoms with Gasteiger partial charge in [-0.25, -0.2) is 14.2 Å². The summed E-state index contributed by atoms with van der Waals surface area (Å²) in [5, 5.41) is 5.21. The van der Waals surface area contributed by atoms with Gasteiger partial charge in [0.2, 0.25) is 11.8 Å². The van der Waals surface area contributed by atoms with E-state index in [1.165, 1.54) is 42.2 Å². The van der Waals surface area contributed by atoms with Crippen molar-refractivity contribution in [2.45, 2.75) is 46.1 Å². The number of aryl methyl sites for hydroxylation is 1. The van der Waals surface area contributed by atoms with Crippen molar-refractivity contribution in [2.24, 2.45) is 0 Å². The molecule has 33 heavy (non-hydrogen) atoms. The Kier molecular flexibility index (Phi) is 6.85. The highest BCUT2D eigenvalue weighted by atomic mass is 32.1. The molecule has 1 aromatic carbocycles. The number of benzene rings is 1. The Hall–Kier alpha value is -3.11. The summed E-state index contributed by atoms with van der Waals surface area (Å²) in [6.45, 7) is 2.63. The minimum absolute atomic E-state index is 0.104. The summed E-state index contributed by atoms with van der Waals surface area (Å²) in [5.41, 5.74) is 1.90. The maximum atomic E-state index is 14.3. The number of nitrogens with zero attached hydrogens (tertiary/aromatic N) is 2. The van der Waals surface area contributed by atoms with Gasteiger partial charge in [-0.05, 0) is 43.4 Å². The van der Waals surface area contributed by atoms with Gasteiger partial charge in [0, 0.05) is 24.1 Å². The number of ether oxygens (including phenoxy) is 1. The van der Waals surface area contributed by atoms with Crippen LogP contribution in [0.25, 0.3) is 0 Å². The third kappa shape index (κ3) is 4.96. The van der Waals surface area contributed by atoms with E-state index in [0.29, 0.717) is 16.3 Å². The van der Waals surface area contributed by atoms with Gasteiger partial charge < -0.3 is 10.1 Å². The normalized spacial score (nSPS) is 12.7. The Bertz CT molecular complexity index is 1220. The summed E-state index contributed by atoms with van der Waals surface area (Å²) in [4.78, 5) is 43.4. The molecule has 0 spiro atoms. The summed E-state index contributed by atoms with van der Waals surface area (Å²) in [6.07, 6.45) is 3.69. The molecule has 3 aromatic rings. The Morgan fingerprint density at radius 2 is 1.94 bits per heavy atom. The number of nitrogens with one attached hydrogen (secondary N) is 1. The number of thiazole rings is 1. The molecule has 0 bridgehead atoms. The van der Waals surface area contributed by atoms with Crippen LogP contribution < -0.4 is 10.2 Å². The van der Waals surface area contributed by atoms with Crippen molar-refractivity contribution in [3.8, 4) is 0 Å². The fraction of sp³-hybridized carbons (Fsp3) is 0.304. The van der Waals surface area contributed by atoms with Crippen molar-refractivity contribution in [3.63, 3.8) is 0 Å². The summed E-state index contributed by atoms with van der Waals surface area (Å²) >= 11 is 2.58. The number of aromatic nitrogens is 1. The van der Waals surface area contributed by atoms with E-state index in [1.54, 1.807) is 17.5 Å². The maximum Gasteiger partial charge on any atom is 0.341 e. The quantitative estimate of drug-likeness (QED) is 0.482. The summed E-state index contributed by atoms with van der Waals surface area (Å²) in [7, 11) is 0. The molecule has 0 radical (unpaired) electrons. The van der Waals surface area contributed by atoms with Crippen LogP contribution in [0, 0.1) is 5.82 Å². The zero-order valence-corrected chi connectivity index (χ0v) is 19.8. The first-order chi connectivity index (χ1) is 15.8. The number of hydrogen-bond donors (Lipinski definition) is 1. The lowest BCUT2D eigenvalue weighted by Gasteiger charge is -2.18. The van der Waals surface area contributed by atoms with E-state index in [9.17, 15) is 18.8 Å². The average Bonchev–Trinajstić information content (AvgIpc) is 3.37. The molecule has 1 aliphatic rings. The Morgan fingerprint density at radius 1 is 1.18 bits per heavy atom. The summed E-state index contributed by atoms with van der Waals surface area (Å²) < 4.78 is 19.8. The van der Waals surface area contributed by atoms with Crippen LogP contribution in [0.15, 0.2) is 29.6 Å². The predicted octanol–water partition coefficient (Wildman–Crippen LogP) is 5.22. The van der Waals surface area contributed by atoms with Crippen LogP contribution in [0.3, 0.4) is 0 Å². The zero-order chi connectivity index (χ0) is 23.5. The molecule has 1 N–H and O–H groups in total. The van der Waals surface area contributed by atoms with Gasteiger partial charge >= 0.3 is 5.97 Å². The minimum Gasteiger partial charge on any atom is -0.455 e. The molecule has 4 rings (SSSR count). The second kappa shape index (κ2) is 9.80. The van der Waals surface area contributed by atoms with Crippen LogP contribution in [0.4, 0.5) is 20.2 Å². The monoisotopic (exact) mass is 487 g/mol. The van der Waals surface area contributed by atoms with Crippen LogP contribution >= 0.6 is 22.7 Å². The number of carbonyl (C=O) groups excluding carboxylic acids is 3. The van der Waals surface area contributed by atoms with Gasteiger partial charge in [-0.15, -0.1) is 22.7 Å². The van der Waals surface area contributed by atoms with Crippen molar-refractivity contribution in [2.75, 3.05) is 10.2 Å². The number of anilines is 3. The molecular formula is C23H22FN3O4S2. The number of halogens is 1. The molecule has 2 heterocycles.